The number of hydrogen-bond donors (Lipinski definition) is 1. The third-order valence-electron chi connectivity index (χ3n) is 4.76. The maximum atomic E-state index is 6.04. The number of hydrogen-bond acceptors (Lipinski definition) is 2. The Morgan fingerprint density at radius 2 is 1.94 bits per heavy atom. The smallest absolute Gasteiger partial charge is 0.0249 e. The largest absolute Gasteiger partial charge is 0.329 e. The first-order chi connectivity index (χ1) is 7.86. The average Bonchev–Trinajstić information content (AvgIpc) is 2.47. The third-order valence-corrected chi connectivity index (χ3v) is 4.76. The van der Waals surface area contributed by atoms with Gasteiger partial charge < -0.3 is 5.73 Å². The zero-order valence-electron chi connectivity index (χ0n) is 10.8. The molecule has 1 aliphatic carbocycles. The summed E-state index contributed by atoms with van der Waals surface area (Å²) in [5, 5.41) is 0. The first kappa shape index (κ1) is 12.4. The van der Waals surface area contributed by atoms with Crippen molar-refractivity contribution in [2.75, 3.05) is 13.1 Å². The average molecular weight is 224 g/mol. The second-order valence-electron chi connectivity index (χ2n) is 5.64. The molecule has 94 valence electrons. The number of nitrogens with two attached hydrogens (primary N) is 1. The van der Waals surface area contributed by atoms with E-state index >= 15 is 0 Å². The molecular formula is C14H28N2. The van der Waals surface area contributed by atoms with E-state index in [0.717, 1.165) is 18.5 Å². The summed E-state index contributed by atoms with van der Waals surface area (Å²) in [7, 11) is 0. The van der Waals surface area contributed by atoms with Crippen LogP contribution in [0.2, 0.25) is 0 Å². The van der Waals surface area contributed by atoms with E-state index in [4.69, 9.17) is 5.73 Å². The molecule has 0 aromatic rings. The van der Waals surface area contributed by atoms with Gasteiger partial charge in [-0.15, -0.1) is 0 Å². The fraction of sp³-hybridized carbons (Fsp3) is 1.00. The van der Waals surface area contributed by atoms with Crippen LogP contribution in [0, 0.1) is 5.92 Å². The Kier molecular flexibility index (Phi) is 4.66. The predicted octanol–water partition coefficient (Wildman–Crippen LogP) is 2.77. The van der Waals surface area contributed by atoms with Crippen molar-refractivity contribution in [1.82, 2.24) is 4.90 Å². The van der Waals surface area contributed by atoms with Crippen molar-refractivity contribution < 1.29 is 0 Å². The quantitative estimate of drug-likeness (QED) is 0.795. The summed E-state index contributed by atoms with van der Waals surface area (Å²) >= 11 is 0. The molecule has 16 heavy (non-hydrogen) atoms. The van der Waals surface area contributed by atoms with E-state index in [9.17, 15) is 0 Å². The highest BCUT2D eigenvalue weighted by Crippen LogP contribution is 2.34. The summed E-state index contributed by atoms with van der Waals surface area (Å²) in [4.78, 5) is 2.77. The van der Waals surface area contributed by atoms with Gasteiger partial charge in [0.05, 0.1) is 0 Å². The molecule has 1 aliphatic heterocycles. The SMILES string of the molecule is CCC1CCCCCN1C(CN)C1CCC1. The fourth-order valence-corrected chi connectivity index (χ4v) is 3.50. The Hall–Kier alpha value is -0.0800. The Morgan fingerprint density at radius 1 is 1.12 bits per heavy atom. The third kappa shape index (κ3) is 2.60. The van der Waals surface area contributed by atoms with E-state index < -0.39 is 0 Å². The maximum Gasteiger partial charge on any atom is 0.0249 e. The molecule has 1 saturated heterocycles. The zero-order valence-corrected chi connectivity index (χ0v) is 10.8. The highest BCUT2D eigenvalue weighted by Gasteiger charge is 2.34. The lowest BCUT2D eigenvalue weighted by atomic mass is 9.78. The summed E-state index contributed by atoms with van der Waals surface area (Å²) in [6.07, 6.45) is 11.2. The number of likely N-dealkylation sites (tertiary alicyclic amines) is 1. The molecule has 0 spiro atoms. The second kappa shape index (κ2) is 6.02. The van der Waals surface area contributed by atoms with Gasteiger partial charge in [-0.3, -0.25) is 4.90 Å². The molecule has 2 heteroatoms. The van der Waals surface area contributed by atoms with Crippen LogP contribution in [0.5, 0.6) is 0 Å². The number of nitrogens with zero attached hydrogens (tertiary/aromatic N) is 1. The molecule has 0 bridgehead atoms. The van der Waals surface area contributed by atoms with Crippen molar-refractivity contribution in [3.8, 4) is 0 Å². The summed E-state index contributed by atoms with van der Waals surface area (Å²) in [5.74, 6) is 0.914. The maximum absolute atomic E-state index is 6.04. The molecule has 0 aromatic heterocycles. The zero-order chi connectivity index (χ0) is 11.4. The van der Waals surface area contributed by atoms with Gasteiger partial charge in [0, 0.05) is 18.6 Å². The van der Waals surface area contributed by atoms with Crippen LogP contribution >= 0.6 is 0 Å². The molecule has 0 radical (unpaired) electrons. The van der Waals surface area contributed by atoms with Crippen LogP contribution in [0.15, 0.2) is 0 Å². The summed E-state index contributed by atoms with van der Waals surface area (Å²) in [6, 6.07) is 1.51. The molecule has 1 heterocycles. The Labute approximate surface area is 101 Å². The van der Waals surface area contributed by atoms with E-state index in [0.29, 0.717) is 6.04 Å². The monoisotopic (exact) mass is 224 g/mol. The van der Waals surface area contributed by atoms with Crippen molar-refractivity contribution in [3.05, 3.63) is 0 Å². The van der Waals surface area contributed by atoms with Gasteiger partial charge in [-0.05, 0) is 44.6 Å². The van der Waals surface area contributed by atoms with Gasteiger partial charge in [0.1, 0.15) is 0 Å². The van der Waals surface area contributed by atoms with E-state index in [-0.39, 0.29) is 0 Å². The van der Waals surface area contributed by atoms with Gasteiger partial charge in [-0.1, -0.05) is 26.2 Å². The highest BCUT2D eigenvalue weighted by atomic mass is 15.2. The molecule has 1 saturated carbocycles. The van der Waals surface area contributed by atoms with Crippen LogP contribution in [0.3, 0.4) is 0 Å². The Bertz CT molecular complexity index is 201. The minimum Gasteiger partial charge on any atom is -0.329 e. The molecule has 2 nitrogen and oxygen atoms in total. The number of rotatable bonds is 4. The Balaban J connectivity index is 2.00. The molecule has 0 amide bonds. The molecule has 2 aliphatic rings. The molecule has 0 aromatic carbocycles. The summed E-state index contributed by atoms with van der Waals surface area (Å²) in [6.45, 7) is 4.52. The van der Waals surface area contributed by atoms with Gasteiger partial charge in [0.25, 0.3) is 0 Å². The molecule has 2 atom stereocenters. The van der Waals surface area contributed by atoms with Crippen LogP contribution in [-0.4, -0.2) is 30.1 Å². The topological polar surface area (TPSA) is 29.3 Å². The second-order valence-corrected chi connectivity index (χ2v) is 5.64. The minimum absolute atomic E-state index is 0.691. The van der Waals surface area contributed by atoms with Crippen LogP contribution < -0.4 is 5.73 Å². The summed E-state index contributed by atoms with van der Waals surface area (Å²) in [5.41, 5.74) is 6.04. The lowest BCUT2D eigenvalue weighted by Crippen LogP contribution is -2.51. The van der Waals surface area contributed by atoms with Gasteiger partial charge in [-0.2, -0.15) is 0 Å². The van der Waals surface area contributed by atoms with Crippen molar-refractivity contribution in [2.45, 2.75) is 70.4 Å². The van der Waals surface area contributed by atoms with Gasteiger partial charge in [0.15, 0.2) is 0 Å². The molecular weight excluding hydrogens is 196 g/mol. The highest BCUT2D eigenvalue weighted by molar-refractivity contribution is 4.89. The van der Waals surface area contributed by atoms with Crippen LogP contribution in [0.1, 0.15) is 58.3 Å². The van der Waals surface area contributed by atoms with E-state index in [2.05, 4.69) is 11.8 Å². The normalized spacial score (nSPS) is 30.8. The van der Waals surface area contributed by atoms with Gasteiger partial charge in [-0.25, -0.2) is 0 Å². The van der Waals surface area contributed by atoms with Crippen molar-refractivity contribution in [1.29, 1.82) is 0 Å². The standard InChI is InChI=1S/C14H28N2/c1-2-13-9-4-3-5-10-16(13)14(11-15)12-7-6-8-12/h12-14H,2-11,15H2,1H3. The lowest BCUT2D eigenvalue weighted by molar-refractivity contribution is 0.0627. The van der Waals surface area contributed by atoms with E-state index in [1.54, 1.807) is 0 Å². The van der Waals surface area contributed by atoms with E-state index in [1.807, 2.05) is 0 Å². The molecule has 2 rings (SSSR count). The minimum atomic E-state index is 0.691. The first-order valence-electron chi connectivity index (χ1n) is 7.32. The summed E-state index contributed by atoms with van der Waals surface area (Å²) < 4.78 is 0. The Morgan fingerprint density at radius 3 is 2.50 bits per heavy atom. The van der Waals surface area contributed by atoms with Gasteiger partial charge in [0.2, 0.25) is 0 Å². The lowest BCUT2D eigenvalue weighted by Gasteiger charge is -2.43. The van der Waals surface area contributed by atoms with Crippen molar-refractivity contribution in [2.24, 2.45) is 11.7 Å². The molecule has 2 fully saturated rings. The van der Waals surface area contributed by atoms with E-state index in [1.165, 1.54) is 57.9 Å². The fourth-order valence-electron chi connectivity index (χ4n) is 3.50. The predicted molar refractivity (Wildman–Crippen MR) is 69.4 cm³/mol. The first-order valence-corrected chi connectivity index (χ1v) is 7.32. The molecule has 2 N–H and O–H groups in total. The van der Waals surface area contributed by atoms with Gasteiger partial charge >= 0.3 is 0 Å². The van der Waals surface area contributed by atoms with Crippen LogP contribution in [-0.2, 0) is 0 Å². The van der Waals surface area contributed by atoms with Crippen molar-refractivity contribution in [3.63, 3.8) is 0 Å². The van der Waals surface area contributed by atoms with Crippen molar-refractivity contribution >= 4 is 0 Å². The molecule has 2 unspecified atom stereocenters. The van der Waals surface area contributed by atoms with Crippen LogP contribution in [0.25, 0.3) is 0 Å². The van der Waals surface area contributed by atoms with Crippen LogP contribution in [0.4, 0.5) is 0 Å².